The second-order valence-corrected chi connectivity index (χ2v) is 5.85. The first kappa shape index (κ1) is 13.6. The quantitative estimate of drug-likeness (QED) is 0.840. The Labute approximate surface area is 121 Å². The fourth-order valence-electron chi connectivity index (χ4n) is 3.21. The highest BCUT2D eigenvalue weighted by molar-refractivity contribution is 5.82. The van der Waals surface area contributed by atoms with E-state index >= 15 is 0 Å². The molecule has 0 saturated carbocycles. The number of fused-ring (bicyclic) bond motifs is 1. The van der Waals surface area contributed by atoms with Crippen molar-refractivity contribution in [3.05, 3.63) is 30.0 Å². The van der Waals surface area contributed by atoms with Crippen molar-refractivity contribution in [2.24, 2.45) is 0 Å². The Kier molecular flexibility index (Phi) is 4.36. The van der Waals surface area contributed by atoms with E-state index in [-0.39, 0.29) is 0 Å². The number of benzene rings is 1. The van der Waals surface area contributed by atoms with E-state index in [2.05, 4.69) is 41.2 Å². The number of rotatable bonds is 5. The highest BCUT2D eigenvalue weighted by Crippen LogP contribution is 2.27. The maximum atomic E-state index is 4.97. The van der Waals surface area contributed by atoms with Gasteiger partial charge in [-0.1, -0.05) is 38.0 Å². The molecule has 0 radical (unpaired) electrons. The summed E-state index contributed by atoms with van der Waals surface area (Å²) >= 11 is 0. The van der Waals surface area contributed by atoms with Crippen molar-refractivity contribution in [3.63, 3.8) is 0 Å². The molecule has 2 aromatic rings. The normalized spacial score (nSPS) is 16.9. The number of nitrogens with one attached hydrogen (secondary N) is 1. The van der Waals surface area contributed by atoms with Crippen LogP contribution in [0.1, 0.15) is 50.8 Å². The van der Waals surface area contributed by atoms with Crippen LogP contribution >= 0.6 is 0 Å². The molecule has 1 aromatic heterocycles. The van der Waals surface area contributed by atoms with Crippen LogP contribution in [-0.4, -0.2) is 22.9 Å². The maximum absolute atomic E-state index is 4.97. The second kappa shape index (κ2) is 6.40. The molecule has 0 aliphatic carbocycles. The zero-order chi connectivity index (χ0) is 13.8. The van der Waals surface area contributed by atoms with Gasteiger partial charge in [0.15, 0.2) is 0 Å². The summed E-state index contributed by atoms with van der Waals surface area (Å²) in [5.41, 5.74) is 2.62. The van der Waals surface area contributed by atoms with E-state index < -0.39 is 0 Å². The average molecular weight is 271 g/mol. The van der Waals surface area contributed by atoms with E-state index in [4.69, 9.17) is 5.10 Å². The van der Waals surface area contributed by atoms with E-state index in [1.807, 2.05) is 0 Å². The van der Waals surface area contributed by atoms with E-state index in [0.29, 0.717) is 6.04 Å². The number of hydrogen-bond donors (Lipinski definition) is 1. The molecule has 0 spiro atoms. The lowest BCUT2D eigenvalue weighted by Gasteiger charge is -2.23. The first-order chi connectivity index (χ1) is 9.90. The number of aryl methyl sites for hydroxylation is 1. The molecule has 1 saturated heterocycles. The first-order valence-electron chi connectivity index (χ1n) is 8.07. The molecular weight excluding hydrogens is 246 g/mol. The summed E-state index contributed by atoms with van der Waals surface area (Å²) in [6.07, 6.45) is 7.33. The van der Waals surface area contributed by atoms with Crippen molar-refractivity contribution in [2.75, 3.05) is 13.1 Å². The third-order valence-electron chi connectivity index (χ3n) is 4.36. The van der Waals surface area contributed by atoms with Gasteiger partial charge in [0.1, 0.15) is 0 Å². The molecule has 1 aliphatic heterocycles. The molecule has 1 N–H and O–H groups in total. The zero-order valence-corrected chi connectivity index (χ0v) is 12.4. The minimum atomic E-state index is 0.570. The van der Waals surface area contributed by atoms with Gasteiger partial charge in [-0.25, -0.2) is 0 Å². The molecule has 3 heteroatoms. The second-order valence-electron chi connectivity index (χ2n) is 5.85. The lowest BCUT2D eigenvalue weighted by molar-refractivity contribution is 0.349. The van der Waals surface area contributed by atoms with Crippen molar-refractivity contribution in [2.45, 2.75) is 51.5 Å². The number of aromatic nitrogens is 2. The van der Waals surface area contributed by atoms with Gasteiger partial charge >= 0.3 is 0 Å². The molecular formula is C17H25N3. The molecule has 1 fully saturated rings. The Hall–Kier alpha value is -1.35. The van der Waals surface area contributed by atoms with Gasteiger partial charge in [0, 0.05) is 5.39 Å². The summed E-state index contributed by atoms with van der Waals surface area (Å²) in [7, 11) is 0. The predicted octanol–water partition coefficient (Wildman–Crippen LogP) is 3.69. The topological polar surface area (TPSA) is 29.9 Å². The van der Waals surface area contributed by atoms with Gasteiger partial charge in [-0.05, 0) is 44.8 Å². The van der Waals surface area contributed by atoms with Crippen LogP contribution in [0.25, 0.3) is 10.9 Å². The van der Waals surface area contributed by atoms with Crippen molar-refractivity contribution in [1.82, 2.24) is 15.1 Å². The molecule has 1 aromatic carbocycles. The first-order valence-corrected chi connectivity index (χ1v) is 8.07. The Morgan fingerprint density at radius 2 is 2.00 bits per heavy atom. The van der Waals surface area contributed by atoms with Gasteiger partial charge in [0.2, 0.25) is 0 Å². The van der Waals surface area contributed by atoms with Crippen LogP contribution in [0.4, 0.5) is 0 Å². The fourth-order valence-corrected chi connectivity index (χ4v) is 3.21. The van der Waals surface area contributed by atoms with Crippen LogP contribution in [0.3, 0.4) is 0 Å². The van der Waals surface area contributed by atoms with Crippen LogP contribution < -0.4 is 5.32 Å². The molecule has 1 aliphatic rings. The summed E-state index contributed by atoms with van der Waals surface area (Å²) in [5.74, 6) is 0. The number of hydrogen-bond acceptors (Lipinski definition) is 2. The number of piperidine rings is 1. The van der Waals surface area contributed by atoms with E-state index in [1.165, 1.54) is 48.7 Å². The molecule has 20 heavy (non-hydrogen) atoms. The average Bonchev–Trinajstić information content (AvgIpc) is 2.88. The highest BCUT2D eigenvalue weighted by Gasteiger charge is 2.19. The van der Waals surface area contributed by atoms with Crippen LogP contribution in [-0.2, 0) is 6.42 Å². The van der Waals surface area contributed by atoms with E-state index in [1.54, 1.807) is 0 Å². The standard InChI is InChI=1S/C17H25N3/c1-2-3-4-8-16-15-7-5-6-9-17(15)20(19-16)14-10-12-18-13-11-14/h5-7,9,14,18H,2-4,8,10-13H2,1H3. The van der Waals surface area contributed by atoms with Gasteiger partial charge in [0.25, 0.3) is 0 Å². The smallest absolute Gasteiger partial charge is 0.0703 e. The van der Waals surface area contributed by atoms with E-state index in [9.17, 15) is 0 Å². The third-order valence-corrected chi connectivity index (χ3v) is 4.36. The molecule has 3 nitrogen and oxygen atoms in total. The molecule has 0 unspecified atom stereocenters. The summed E-state index contributed by atoms with van der Waals surface area (Å²) in [6.45, 7) is 4.49. The number of para-hydroxylation sites is 1. The predicted molar refractivity (Wildman–Crippen MR) is 84.1 cm³/mol. The number of unbranched alkanes of at least 4 members (excludes halogenated alkanes) is 2. The molecule has 2 heterocycles. The Morgan fingerprint density at radius 1 is 1.20 bits per heavy atom. The molecule has 0 bridgehead atoms. The minimum Gasteiger partial charge on any atom is -0.317 e. The van der Waals surface area contributed by atoms with Gasteiger partial charge in [0.05, 0.1) is 17.3 Å². The monoisotopic (exact) mass is 271 g/mol. The van der Waals surface area contributed by atoms with Crippen molar-refractivity contribution in [3.8, 4) is 0 Å². The summed E-state index contributed by atoms with van der Waals surface area (Å²) in [5, 5.41) is 9.78. The Balaban J connectivity index is 1.91. The van der Waals surface area contributed by atoms with Crippen molar-refractivity contribution >= 4 is 10.9 Å². The summed E-state index contributed by atoms with van der Waals surface area (Å²) in [4.78, 5) is 0. The van der Waals surface area contributed by atoms with Crippen LogP contribution in [0.5, 0.6) is 0 Å². The van der Waals surface area contributed by atoms with Gasteiger partial charge < -0.3 is 5.32 Å². The number of nitrogens with zero attached hydrogens (tertiary/aromatic N) is 2. The molecule has 108 valence electrons. The summed E-state index contributed by atoms with van der Waals surface area (Å²) in [6, 6.07) is 9.31. The highest BCUT2D eigenvalue weighted by atomic mass is 15.3. The largest absolute Gasteiger partial charge is 0.317 e. The Bertz CT molecular complexity index is 552. The lowest BCUT2D eigenvalue weighted by atomic mass is 10.1. The third kappa shape index (κ3) is 2.73. The fraction of sp³-hybridized carbons (Fsp3) is 0.588. The van der Waals surface area contributed by atoms with Crippen molar-refractivity contribution in [1.29, 1.82) is 0 Å². The maximum Gasteiger partial charge on any atom is 0.0703 e. The van der Waals surface area contributed by atoms with Crippen LogP contribution in [0.15, 0.2) is 24.3 Å². The lowest BCUT2D eigenvalue weighted by Crippen LogP contribution is -2.29. The van der Waals surface area contributed by atoms with Gasteiger partial charge in [-0.3, -0.25) is 4.68 Å². The van der Waals surface area contributed by atoms with Crippen LogP contribution in [0.2, 0.25) is 0 Å². The summed E-state index contributed by atoms with van der Waals surface area (Å²) < 4.78 is 2.30. The van der Waals surface area contributed by atoms with Crippen LogP contribution in [0, 0.1) is 0 Å². The van der Waals surface area contributed by atoms with E-state index in [0.717, 1.165) is 19.5 Å². The van der Waals surface area contributed by atoms with Crippen molar-refractivity contribution < 1.29 is 0 Å². The van der Waals surface area contributed by atoms with Gasteiger partial charge in [-0.15, -0.1) is 0 Å². The molecule has 3 rings (SSSR count). The molecule has 0 amide bonds. The Morgan fingerprint density at radius 3 is 2.80 bits per heavy atom. The minimum absolute atomic E-state index is 0.570. The van der Waals surface area contributed by atoms with Gasteiger partial charge in [-0.2, -0.15) is 5.10 Å². The zero-order valence-electron chi connectivity index (χ0n) is 12.4. The molecule has 0 atom stereocenters. The SMILES string of the molecule is CCCCCc1nn(C2CCNCC2)c2ccccc12.